The van der Waals surface area contributed by atoms with Crippen LogP contribution in [0.3, 0.4) is 0 Å². The number of aromatic nitrogens is 3. The number of fused-ring (bicyclic) bond motifs is 1. The maximum Gasteiger partial charge on any atom is 0.269 e. The largest absolute Gasteiger partial charge is 0.348 e. The molecule has 180 valence electrons. The van der Waals surface area contributed by atoms with Crippen LogP contribution in [0, 0.1) is 0 Å². The Kier molecular flexibility index (Phi) is 5.73. The third-order valence-electron chi connectivity index (χ3n) is 7.24. The molecule has 0 atom stereocenters. The summed E-state index contributed by atoms with van der Waals surface area (Å²) in [5.41, 5.74) is 4.54. The van der Waals surface area contributed by atoms with Crippen LogP contribution in [-0.4, -0.2) is 35.4 Å². The van der Waals surface area contributed by atoms with Crippen LogP contribution in [0.4, 0.5) is 5.13 Å². The van der Waals surface area contributed by atoms with E-state index in [0.717, 1.165) is 66.1 Å². The number of thiazole rings is 1. The van der Waals surface area contributed by atoms with Gasteiger partial charge in [0.1, 0.15) is 0 Å². The minimum atomic E-state index is -3.80. The van der Waals surface area contributed by atoms with Crippen LogP contribution in [0.5, 0.6) is 0 Å². The lowest BCUT2D eigenvalue weighted by Crippen LogP contribution is -2.17. The molecule has 2 fully saturated rings. The molecule has 0 amide bonds. The van der Waals surface area contributed by atoms with Crippen LogP contribution in [-0.2, 0) is 10.0 Å². The van der Waals surface area contributed by atoms with Gasteiger partial charge in [0.25, 0.3) is 10.0 Å². The minimum Gasteiger partial charge on any atom is -0.348 e. The van der Waals surface area contributed by atoms with E-state index < -0.39 is 10.0 Å². The second-order valence-corrected chi connectivity index (χ2v) is 12.2. The van der Waals surface area contributed by atoms with Crippen molar-refractivity contribution in [3.8, 4) is 11.3 Å². The molecule has 2 aliphatic rings. The van der Waals surface area contributed by atoms with Crippen molar-refractivity contribution in [2.75, 3.05) is 18.0 Å². The normalized spacial score (nSPS) is 17.5. The fourth-order valence-corrected chi connectivity index (χ4v) is 7.44. The molecule has 3 aromatic heterocycles. The van der Waals surface area contributed by atoms with Crippen molar-refractivity contribution in [3.63, 3.8) is 0 Å². The van der Waals surface area contributed by atoms with Crippen molar-refractivity contribution in [1.29, 1.82) is 0 Å². The zero-order valence-corrected chi connectivity index (χ0v) is 21.2. The maximum absolute atomic E-state index is 13.6. The number of benzene rings is 1. The molecule has 1 aliphatic carbocycles. The molecule has 8 heteroatoms. The summed E-state index contributed by atoms with van der Waals surface area (Å²) in [5, 5.41) is 3.88. The first-order chi connectivity index (χ1) is 17.0. The fraction of sp³-hybridized carbons (Fsp3) is 0.333. The standard InChI is InChI=1S/C27H28N4O2S2/c1-19-9-11-20(12-10-19)21-15-23-24(25-18-34-27(29-25)30-13-5-6-14-30)17-31(26(23)28-16-21)35(32,33)22-7-3-2-4-8-22/h2-4,7-8,15-18,20H,1,5-6,9-14H2. The van der Waals surface area contributed by atoms with Gasteiger partial charge in [-0.15, -0.1) is 11.3 Å². The molecular formula is C27H28N4O2S2. The van der Waals surface area contributed by atoms with Gasteiger partial charge in [-0.25, -0.2) is 22.4 Å². The summed E-state index contributed by atoms with van der Waals surface area (Å²) in [7, 11) is -3.80. The molecule has 0 N–H and O–H groups in total. The molecule has 4 heterocycles. The number of pyridine rings is 1. The topological polar surface area (TPSA) is 68.1 Å². The third kappa shape index (κ3) is 4.08. The lowest BCUT2D eigenvalue weighted by Gasteiger charge is -2.23. The Morgan fingerprint density at radius 2 is 1.80 bits per heavy atom. The van der Waals surface area contributed by atoms with E-state index >= 15 is 0 Å². The summed E-state index contributed by atoms with van der Waals surface area (Å²) >= 11 is 1.62. The highest BCUT2D eigenvalue weighted by Gasteiger charge is 2.26. The minimum absolute atomic E-state index is 0.246. The molecule has 0 radical (unpaired) electrons. The second-order valence-electron chi connectivity index (χ2n) is 9.53. The van der Waals surface area contributed by atoms with E-state index in [2.05, 4.69) is 17.5 Å². The Morgan fingerprint density at radius 1 is 1.06 bits per heavy atom. The molecule has 6 rings (SSSR count). The Labute approximate surface area is 210 Å². The van der Waals surface area contributed by atoms with Gasteiger partial charge in [-0.1, -0.05) is 30.4 Å². The molecule has 1 saturated heterocycles. The summed E-state index contributed by atoms with van der Waals surface area (Å²) < 4.78 is 28.6. The highest BCUT2D eigenvalue weighted by atomic mass is 32.2. The van der Waals surface area contributed by atoms with Crippen LogP contribution in [0.25, 0.3) is 22.3 Å². The summed E-state index contributed by atoms with van der Waals surface area (Å²) in [6.45, 7) is 6.19. The average molecular weight is 505 g/mol. The smallest absolute Gasteiger partial charge is 0.269 e. The molecule has 1 aromatic carbocycles. The number of hydrogen-bond donors (Lipinski definition) is 0. The SMILES string of the molecule is C=C1CCC(c2cnc3c(c2)c(-c2csc(N4CCCC4)n2)cn3S(=O)(=O)c2ccccc2)CC1. The lowest BCUT2D eigenvalue weighted by atomic mass is 9.82. The van der Waals surface area contributed by atoms with Crippen molar-refractivity contribution in [3.05, 3.63) is 71.9 Å². The first-order valence-corrected chi connectivity index (χ1v) is 14.5. The highest BCUT2D eigenvalue weighted by molar-refractivity contribution is 7.90. The number of nitrogens with zero attached hydrogens (tertiary/aromatic N) is 4. The third-order valence-corrected chi connectivity index (χ3v) is 9.81. The van der Waals surface area contributed by atoms with Crippen molar-refractivity contribution < 1.29 is 8.42 Å². The van der Waals surface area contributed by atoms with E-state index in [-0.39, 0.29) is 4.90 Å². The average Bonchev–Trinajstić information content (AvgIpc) is 3.64. The Balaban J connectivity index is 1.49. The molecule has 0 spiro atoms. The van der Waals surface area contributed by atoms with Crippen LogP contribution in [0.2, 0.25) is 0 Å². The Hall–Kier alpha value is -2.97. The van der Waals surface area contributed by atoms with Crippen LogP contribution in [0.1, 0.15) is 50.0 Å². The van der Waals surface area contributed by atoms with Gasteiger partial charge in [0.2, 0.25) is 0 Å². The van der Waals surface area contributed by atoms with Crippen LogP contribution < -0.4 is 4.90 Å². The molecule has 1 saturated carbocycles. The number of hydrogen-bond acceptors (Lipinski definition) is 6. The van der Waals surface area contributed by atoms with Crippen molar-refractivity contribution >= 4 is 37.5 Å². The zero-order chi connectivity index (χ0) is 24.0. The number of rotatable bonds is 5. The molecule has 35 heavy (non-hydrogen) atoms. The predicted molar refractivity (Wildman–Crippen MR) is 142 cm³/mol. The van der Waals surface area contributed by atoms with Crippen molar-refractivity contribution in [2.45, 2.75) is 49.3 Å². The fourth-order valence-electron chi connectivity index (χ4n) is 5.21. The van der Waals surface area contributed by atoms with Gasteiger partial charge in [0, 0.05) is 41.8 Å². The van der Waals surface area contributed by atoms with Crippen LogP contribution >= 0.6 is 11.3 Å². The lowest BCUT2D eigenvalue weighted by molar-refractivity contribution is 0.517. The molecule has 6 nitrogen and oxygen atoms in total. The van der Waals surface area contributed by atoms with Gasteiger partial charge in [0.05, 0.1) is 10.6 Å². The first-order valence-electron chi connectivity index (χ1n) is 12.2. The van der Waals surface area contributed by atoms with E-state index in [9.17, 15) is 8.42 Å². The van der Waals surface area contributed by atoms with Gasteiger partial charge >= 0.3 is 0 Å². The van der Waals surface area contributed by atoms with E-state index in [1.54, 1.807) is 41.8 Å². The summed E-state index contributed by atoms with van der Waals surface area (Å²) in [5.74, 6) is 0.412. The Bertz CT molecular complexity index is 1490. The zero-order valence-electron chi connectivity index (χ0n) is 19.6. The van der Waals surface area contributed by atoms with E-state index in [1.807, 2.05) is 17.6 Å². The second kappa shape index (κ2) is 8.91. The summed E-state index contributed by atoms with van der Waals surface area (Å²) in [6, 6.07) is 10.7. The van der Waals surface area contributed by atoms with Crippen molar-refractivity contribution in [2.24, 2.45) is 0 Å². The Morgan fingerprint density at radius 3 is 2.54 bits per heavy atom. The van der Waals surface area contributed by atoms with Gasteiger partial charge in [-0.3, -0.25) is 0 Å². The van der Waals surface area contributed by atoms with Gasteiger partial charge in [0.15, 0.2) is 10.8 Å². The quantitative estimate of drug-likeness (QED) is 0.302. The number of anilines is 1. The highest BCUT2D eigenvalue weighted by Crippen LogP contribution is 2.39. The summed E-state index contributed by atoms with van der Waals surface area (Å²) in [4.78, 5) is 12.2. The van der Waals surface area contributed by atoms with Gasteiger partial charge in [-0.2, -0.15) is 0 Å². The van der Waals surface area contributed by atoms with Crippen LogP contribution in [0.15, 0.2) is 71.2 Å². The molecule has 0 unspecified atom stereocenters. The maximum atomic E-state index is 13.6. The van der Waals surface area contributed by atoms with E-state index in [1.165, 1.54) is 22.4 Å². The summed E-state index contributed by atoms with van der Waals surface area (Å²) in [6.07, 6.45) is 10.1. The predicted octanol–water partition coefficient (Wildman–Crippen LogP) is 6.21. The van der Waals surface area contributed by atoms with Crippen molar-refractivity contribution in [1.82, 2.24) is 13.9 Å². The molecule has 4 aromatic rings. The molecular weight excluding hydrogens is 476 g/mol. The van der Waals surface area contributed by atoms with E-state index in [4.69, 9.17) is 9.97 Å². The number of allylic oxidation sites excluding steroid dienone is 1. The van der Waals surface area contributed by atoms with E-state index in [0.29, 0.717) is 11.6 Å². The monoisotopic (exact) mass is 504 g/mol. The van der Waals surface area contributed by atoms with Gasteiger partial charge < -0.3 is 4.90 Å². The molecule has 0 bridgehead atoms. The first kappa shape index (κ1) is 22.5. The molecule has 1 aliphatic heterocycles. The van der Waals surface area contributed by atoms with Gasteiger partial charge in [-0.05, 0) is 68.2 Å².